The topological polar surface area (TPSA) is 87.0 Å². The van der Waals surface area contributed by atoms with Gasteiger partial charge in [-0.05, 0) is 36.6 Å². The Morgan fingerprint density at radius 2 is 2.00 bits per heavy atom. The van der Waals surface area contributed by atoms with Gasteiger partial charge in [0.05, 0.1) is 12.2 Å². The average Bonchev–Trinajstić information content (AvgIpc) is 2.49. The Kier molecular flexibility index (Phi) is 6.41. The molecule has 0 saturated carbocycles. The maximum absolute atomic E-state index is 11.9. The van der Waals surface area contributed by atoms with Gasteiger partial charge in [0.1, 0.15) is 0 Å². The molecule has 0 bridgehead atoms. The second-order valence-electron chi connectivity index (χ2n) is 4.67. The van der Waals surface area contributed by atoms with Gasteiger partial charge >= 0.3 is 5.97 Å². The van der Waals surface area contributed by atoms with E-state index in [2.05, 4.69) is 11.6 Å². The molecule has 0 fully saturated rings. The maximum Gasteiger partial charge on any atom is 0.336 e. The van der Waals surface area contributed by atoms with Crippen LogP contribution in [0.2, 0.25) is 0 Å². The fourth-order valence-corrected chi connectivity index (χ4v) is 2.13. The van der Waals surface area contributed by atoms with Crippen LogP contribution in [-0.2, 0) is 11.4 Å². The summed E-state index contributed by atoms with van der Waals surface area (Å²) in [5.41, 5.74) is 1.83. The van der Waals surface area contributed by atoms with E-state index in [0.717, 1.165) is 0 Å². The molecule has 1 aromatic carbocycles. The first kappa shape index (κ1) is 17.5. The lowest BCUT2D eigenvalue weighted by molar-refractivity contribution is -0.113. The number of ketones is 1. The van der Waals surface area contributed by atoms with Crippen LogP contribution in [0.1, 0.15) is 34.8 Å². The van der Waals surface area contributed by atoms with Crippen molar-refractivity contribution in [3.8, 4) is 0 Å². The second-order valence-corrected chi connectivity index (χ2v) is 4.67. The van der Waals surface area contributed by atoms with E-state index in [1.54, 1.807) is 19.2 Å². The minimum atomic E-state index is -1.11. The van der Waals surface area contributed by atoms with Gasteiger partial charge in [0.25, 0.3) is 0 Å². The Labute approximate surface area is 129 Å². The number of rotatable bonds is 7. The minimum Gasteiger partial charge on any atom is -0.478 e. The summed E-state index contributed by atoms with van der Waals surface area (Å²) in [5.74, 6) is -1.29. The summed E-state index contributed by atoms with van der Waals surface area (Å²) in [6.45, 7) is 4.82. The van der Waals surface area contributed by atoms with Gasteiger partial charge in [0.2, 0.25) is 0 Å². The predicted molar refractivity (Wildman–Crippen MR) is 86.2 cm³/mol. The van der Waals surface area contributed by atoms with Crippen LogP contribution in [0, 0.1) is 0 Å². The van der Waals surface area contributed by atoms with E-state index < -0.39 is 5.97 Å². The highest BCUT2D eigenvalue weighted by atomic mass is 16.4. The van der Waals surface area contributed by atoms with Crippen molar-refractivity contribution in [2.24, 2.45) is 4.99 Å². The normalized spacial score (nSPS) is 12.1. The van der Waals surface area contributed by atoms with Crippen LogP contribution < -0.4 is 0 Å². The molecule has 0 unspecified atom stereocenters. The van der Waals surface area contributed by atoms with Crippen LogP contribution in [0.5, 0.6) is 0 Å². The van der Waals surface area contributed by atoms with Crippen molar-refractivity contribution in [1.82, 2.24) is 0 Å². The number of allylic oxidation sites excluding steroid dienone is 3. The molecule has 0 atom stereocenters. The Morgan fingerprint density at radius 1 is 1.32 bits per heavy atom. The SMILES string of the molecule is C=CC/C(C(C)=O)=C(\C=NC)c1cc(CO)ccc1C(=O)O. The number of aliphatic hydroxyl groups excluding tert-OH is 1. The third-order valence-corrected chi connectivity index (χ3v) is 3.14. The third-order valence-electron chi connectivity index (χ3n) is 3.14. The van der Waals surface area contributed by atoms with Crippen LogP contribution in [0.15, 0.2) is 41.4 Å². The van der Waals surface area contributed by atoms with E-state index >= 15 is 0 Å². The molecule has 5 heteroatoms. The van der Waals surface area contributed by atoms with Crippen molar-refractivity contribution in [1.29, 1.82) is 0 Å². The molecule has 0 aliphatic carbocycles. The number of Topliss-reactive ketones (excluding diaryl/α,β-unsaturated/α-hetero) is 1. The number of carboxylic acids is 1. The van der Waals surface area contributed by atoms with E-state index in [9.17, 15) is 19.8 Å². The summed E-state index contributed by atoms with van der Waals surface area (Å²) in [7, 11) is 1.54. The van der Waals surface area contributed by atoms with Crippen molar-refractivity contribution < 1.29 is 19.8 Å². The van der Waals surface area contributed by atoms with Crippen LogP contribution in [0.3, 0.4) is 0 Å². The second kappa shape index (κ2) is 8.05. The molecule has 0 amide bonds. The van der Waals surface area contributed by atoms with Gasteiger partial charge < -0.3 is 10.2 Å². The number of hydrogen-bond donors (Lipinski definition) is 2. The van der Waals surface area contributed by atoms with E-state index in [0.29, 0.717) is 28.7 Å². The summed E-state index contributed by atoms with van der Waals surface area (Å²) < 4.78 is 0. The predicted octanol–water partition coefficient (Wildman–Crippen LogP) is 2.50. The summed E-state index contributed by atoms with van der Waals surface area (Å²) in [6.07, 6.45) is 3.35. The number of carbonyl (C=O) groups is 2. The first-order valence-electron chi connectivity index (χ1n) is 6.70. The molecule has 0 spiro atoms. The van der Waals surface area contributed by atoms with Crippen molar-refractivity contribution in [3.05, 3.63) is 53.1 Å². The number of aliphatic hydroxyl groups is 1. The van der Waals surface area contributed by atoms with Crippen LogP contribution in [0.25, 0.3) is 5.57 Å². The van der Waals surface area contributed by atoms with Crippen molar-refractivity contribution in [2.75, 3.05) is 7.05 Å². The van der Waals surface area contributed by atoms with Gasteiger partial charge in [-0.25, -0.2) is 4.79 Å². The molecule has 1 rings (SSSR count). The van der Waals surface area contributed by atoms with Crippen LogP contribution in [-0.4, -0.2) is 35.2 Å². The lowest BCUT2D eigenvalue weighted by atomic mass is 9.91. The largest absolute Gasteiger partial charge is 0.478 e. The molecule has 0 aliphatic heterocycles. The number of benzene rings is 1. The molecule has 2 N–H and O–H groups in total. The average molecular weight is 301 g/mol. The zero-order valence-corrected chi connectivity index (χ0v) is 12.7. The van der Waals surface area contributed by atoms with Crippen molar-refractivity contribution in [2.45, 2.75) is 20.0 Å². The van der Waals surface area contributed by atoms with Crippen molar-refractivity contribution >= 4 is 23.5 Å². The van der Waals surface area contributed by atoms with E-state index in [4.69, 9.17) is 0 Å². The highest BCUT2D eigenvalue weighted by Gasteiger charge is 2.18. The van der Waals surface area contributed by atoms with Gasteiger partial charge in [-0.2, -0.15) is 0 Å². The zero-order valence-electron chi connectivity index (χ0n) is 12.7. The van der Waals surface area contributed by atoms with Gasteiger partial charge in [-0.15, -0.1) is 6.58 Å². The summed E-state index contributed by atoms with van der Waals surface area (Å²) in [4.78, 5) is 27.3. The molecule has 22 heavy (non-hydrogen) atoms. The third kappa shape index (κ3) is 3.99. The summed E-state index contributed by atoms with van der Waals surface area (Å²) in [5, 5.41) is 18.6. The molecule has 0 saturated heterocycles. The minimum absolute atomic E-state index is 0.0508. The molecule has 0 heterocycles. The van der Waals surface area contributed by atoms with Crippen molar-refractivity contribution in [3.63, 3.8) is 0 Å². The number of aliphatic imine (C=N–C) groups is 1. The number of carbonyl (C=O) groups excluding carboxylic acids is 1. The van der Waals surface area contributed by atoms with Crippen LogP contribution >= 0.6 is 0 Å². The molecule has 0 aromatic heterocycles. The molecule has 0 aliphatic rings. The van der Waals surface area contributed by atoms with Gasteiger partial charge in [-0.3, -0.25) is 9.79 Å². The first-order valence-corrected chi connectivity index (χ1v) is 6.70. The smallest absolute Gasteiger partial charge is 0.336 e. The highest BCUT2D eigenvalue weighted by molar-refractivity contribution is 6.21. The number of nitrogens with zero attached hydrogens (tertiary/aromatic N) is 1. The Morgan fingerprint density at radius 3 is 2.45 bits per heavy atom. The molecule has 5 nitrogen and oxygen atoms in total. The number of aromatic carboxylic acids is 1. The quantitative estimate of drug-likeness (QED) is 0.460. The first-order chi connectivity index (χ1) is 10.5. The Balaban J connectivity index is 3.75. The molecular formula is C17H19NO4. The molecular weight excluding hydrogens is 282 g/mol. The van der Waals surface area contributed by atoms with Gasteiger partial charge in [0.15, 0.2) is 5.78 Å². The van der Waals surface area contributed by atoms with Crippen LogP contribution in [0.4, 0.5) is 0 Å². The Bertz CT molecular complexity index is 657. The monoisotopic (exact) mass is 301 g/mol. The fourth-order valence-electron chi connectivity index (χ4n) is 2.13. The van der Waals surface area contributed by atoms with E-state index in [1.165, 1.54) is 25.3 Å². The molecule has 1 aromatic rings. The summed E-state index contributed by atoms with van der Waals surface area (Å²) in [6, 6.07) is 4.51. The lowest BCUT2D eigenvalue weighted by Crippen LogP contribution is -2.08. The van der Waals surface area contributed by atoms with E-state index in [-0.39, 0.29) is 18.0 Å². The number of carboxylic acid groups (broad SMARTS) is 1. The number of hydrogen-bond acceptors (Lipinski definition) is 4. The standard InChI is InChI=1S/C17H19NO4/c1-4-5-13(11(2)20)16(9-18-3)15-8-12(10-19)6-7-14(15)17(21)22/h4,6-9,19H,1,5,10H2,2-3H3,(H,21,22)/b16-13-,18-9?. The fraction of sp³-hybridized carbons (Fsp3) is 0.235. The maximum atomic E-state index is 11.9. The van der Waals surface area contributed by atoms with Gasteiger partial charge in [-0.1, -0.05) is 12.1 Å². The van der Waals surface area contributed by atoms with E-state index in [1.807, 2.05) is 0 Å². The summed E-state index contributed by atoms with van der Waals surface area (Å²) >= 11 is 0. The Hall–Kier alpha value is -2.53. The lowest BCUT2D eigenvalue weighted by Gasteiger charge is -2.13. The zero-order chi connectivity index (χ0) is 16.7. The van der Waals surface area contributed by atoms with Gasteiger partial charge in [0, 0.05) is 24.4 Å². The molecule has 0 radical (unpaired) electrons. The molecule has 116 valence electrons. The highest BCUT2D eigenvalue weighted by Crippen LogP contribution is 2.25.